The summed E-state index contributed by atoms with van der Waals surface area (Å²) in [6.07, 6.45) is 1.91. The Balaban J connectivity index is 1.67. The lowest BCUT2D eigenvalue weighted by Gasteiger charge is -2.19. The second-order valence-corrected chi connectivity index (χ2v) is 7.98. The molecule has 0 saturated carbocycles. The molecule has 3 aromatic rings. The Kier molecular flexibility index (Phi) is 5.86. The fraction of sp³-hybridized carbons (Fsp3) is 0.185. The quantitative estimate of drug-likeness (QED) is 0.493. The molecule has 154 valence electrons. The van der Waals surface area contributed by atoms with Crippen LogP contribution in [0.2, 0.25) is 0 Å². The van der Waals surface area contributed by atoms with Crippen molar-refractivity contribution < 1.29 is 9.53 Å². The summed E-state index contributed by atoms with van der Waals surface area (Å²) in [6.45, 7) is 5.18. The van der Waals surface area contributed by atoms with E-state index < -0.39 is 0 Å². The van der Waals surface area contributed by atoms with Crippen LogP contribution in [0, 0.1) is 17.2 Å². The first-order valence-electron chi connectivity index (χ1n) is 10.4. The number of nitrogens with zero attached hydrogens (tertiary/aromatic N) is 2. The third kappa shape index (κ3) is 4.22. The maximum atomic E-state index is 13.3. The number of carbonyl (C=O) groups is 1. The zero-order chi connectivity index (χ0) is 21.8. The third-order valence-electron chi connectivity index (χ3n) is 5.25. The molecule has 31 heavy (non-hydrogen) atoms. The summed E-state index contributed by atoms with van der Waals surface area (Å²) in [5.41, 5.74) is 4.83. The van der Waals surface area contributed by atoms with Crippen LogP contribution in [0.15, 0.2) is 72.8 Å². The van der Waals surface area contributed by atoms with Gasteiger partial charge in [0.15, 0.2) is 0 Å². The molecule has 0 saturated heterocycles. The lowest BCUT2D eigenvalue weighted by molar-refractivity contribution is -0.113. The van der Waals surface area contributed by atoms with E-state index in [1.807, 2.05) is 77.7 Å². The molecule has 0 spiro atoms. The summed E-state index contributed by atoms with van der Waals surface area (Å²) < 4.78 is 6.07. The van der Waals surface area contributed by atoms with Crippen molar-refractivity contribution in [2.75, 3.05) is 11.4 Å². The van der Waals surface area contributed by atoms with Crippen LogP contribution in [-0.4, -0.2) is 12.5 Å². The molecule has 4 nitrogen and oxygen atoms in total. The Morgan fingerprint density at radius 3 is 2.52 bits per heavy atom. The number of benzene rings is 3. The van der Waals surface area contributed by atoms with E-state index in [4.69, 9.17) is 4.74 Å². The molecule has 0 N–H and O–H groups in total. The zero-order valence-corrected chi connectivity index (χ0v) is 17.7. The van der Waals surface area contributed by atoms with Crippen LogP contribution in [-0.2, 0) is 11.4 Å². The third-order valence-corrected chi connectivity index (χ3v) is 5.25. The Morgan fingerprint density at radius 2 is 1.71 bits per heavy atom. The Morgan fingerprint density at radius 1 is 1.00 bits per heavy atom. The molecule has 1 amide bonds. The first kappa shape index (κ1) is 20.4. The largest absolute Gasteiger partial charge is 0.488 e. The molecule has 1 aliphatic rings. The van der Waals surface area contributed by atoms with Crippen molar-refractivity contribution in [3.05, 3.63) is 95.1 Å². The average molecular weight is 409 g/mol. The number of para-hydroxylation sites is 2. The lowest BCUT2D eigenvalue weighted by Crippen LogP contribution is -2.30. The molecule has 1 heterocycles. The van der Waals surface area contributed by atoms with Crippen LogP contribution in [0.5, 0.6) is 5.75 Å². The SMILES string of the molecule is CC(C)CN1C(=O)/C(=C\c2ccccc2OCc2ccccc2C#N)c2ccccc21. The van der Waals surface area contributed by atoms with Gasteiger partial charge in [0.25, 0.3) is 5.91 Å². The molecule has 0 aromatic heterocycles. The van der Waals surface area contributed by atoms with E-state index in [0.717, 1.165) is 22.4 Å². The number of nitriles is 1. The number of fused-ring (bicyclic) bond motifs is 1. The van der Waals surface area contributed by atoms with Gasteiger partial charge in [-0.2, -0.15) is 5.26 Å². The van der Waals surface area contributed by atoms with Crippen molar-refractivity contribution >= 4 is 23.2 Å². The number of hydrogen-bond acceptors (Lipinski definition) is 3. The smallest absolute Gasteiger partial charge is 0.259 e. The molecule has 4 heteroatoms. The summed E-state index contributed by atoms with van der Waals surface area (Å²) in [6, 6.07) is 25.2. The van der Waals surface area contributed by atoms with Gasteiger partial charge in [-0.3, -0.25) is 4.79 Å². The van der Waals surface area contributed by atoms with Crippen molar-refractivity contribution in [3.63, 3.8) is 0 Å². The van der Waals surface area contributed by atoms with Gasteiger partial charge >= 0.3 is 0 Å². The standard InChI is InChI=1S/C27H24N2O2/c1-19(2)17-29-25-13-7-6-12-23(25)24(27(29)30)15-20-9-5-8-14-26(20)31-18-22-11-4-3-10-21(22)16-28/h3-15,19H,17-18H2,1-2H3/b24-15-. The number of anilines is 1. The number of carbonyl (C=O) groups excluding carboxylic acids is 1. The van der Waals surface area contributed by atoms with Gasteiger partial charge in [-0.1, -0.05) is 68.4 Å². The topological polar surface area (TPSA) is 53.3 Å². The fourth-order valence-electron chi connectivity index (χ4n) is 3.79. The molecule has 1 aliphatic heterocycles. The number of ether oxygens (including phenoxy) is 1. The zero-order valence-electron chi connectivity index (χ0n) is 17.7. The van der Waals surface area contributed by atoms with Crippen molar-refractivity contribution in [3.8, 4) is 11.8 Å². The second-order valence-electron chi connectivity index (χ2n) is 7.98. The minimum absolute atomic E-state index is 0.0135. The average Bonchev–Trinajstić information content (AvgIpc) is 3.04. The van der Waals surface area contributed by atoms with E-state index in [-0.39, 0.29) is 12.5 Å². The van der Waals surface area contributed by atoms with Crippen LogP contribution in [0.3, 0.4) is 0 Å². The Bertz CT molecular complexity index is 1190. The summed E-state index contributed by atoms with van der Waals surface area (Å²) in [5.74, 6) is 1.06. The van der Waals surface area contributed by atoms with Gasteiger partial charge in [0.05, 0.1) is 17.3 Å². The molecular formula is C27H24N2O2. The highest BCUT2D eigenvalue weighted by atomic mass is 16.5. The van der Waals surface area contributed by atoms with E-state index in [9.17, 15) is 10.1 Å². The van der Waals surface area contributed by atoms with Gasteiger partial charge in [-0.15, -0.1) is 0 Å². The van der Waals surface area contributed by atoms with E-state index in [1.54, 1.807) is 6.07 Å². The molecule has 0 bridgehead atoms. The highest BCUT2D eigenvalue weighted by Gasteiger charge is 2.32. The van der Waals surface area contributed by atoms with Crippen molar-refractivity contribution in [2.24, 2.45) is 5.92 Å². The van der Waals surface area contributed by atoms with Crippen LogP contribution in [0.25, 0.3) is 11.6 Å². The molecule has 0 unspecified atom stereocenters. The van der Waals surface area contributed by atoms with Crippen LogP contribution >= 0.6 is 0 Å². The van der Waals surface area contributed by atoms with Gasteiger partial charge in [-0.05, 0) is 30.2 Å². The summed E-state index contributed by atoms with van der Waals surface area (Å²) in [7, 11) is 0. The van der Waals surface area contributed by atoms with Crippen LogP contribution < -0.4 is 9.64 Å². The minimum atomic E-state index is 0.0135. The highest BCUT2D eigenvalue weighted by Crippen LogP contribution is 2.39. The van der Waals surface area contributed by atoms with E-state index >= 15 is 0 Å². The molecule has 0 fully saturated rings. The summed E-state index contributed by atoms with van der Waals surface area (Å²) in [5, 5.41) is 9.31. The minimum Gasteiger partial charge on any atom is -0.488 e. The van der Waals surface area contributed by atoms with Gasteiger partial charge in [0, 0.05) is 28.8 Å². The lowest BCUT2D eigenvalue weighted by atomic mass is 10.0. The molecule has 0 radical (unpaired) electrons. The van der Waals surface area contributed by atoms with Crippen LogP contribution in [0.1, 0.15) is 36.1 Å². The first-order valence-corrected chi connectivity index (χ1v) is 10.4. The summed E-state index contributed by atoms with van der Waals surface area (Å²) >= 11 is 0. The van der Waals surface area contributed by atoms with E-state index in [1.165, 1.54) is 0 Å². The number of rotatable bonds is 6. The number of amides is 1. The molecular weight excluding hydrogens is 384 g/mol. The maximum absolute atomic E-state index is 13.3. The van der Waals surface area contributed by atoms with E-state index in [2.05, 4.69) is 19.9 Å². The van der Waals surface area contributed by atoms with Crippen molar-refractivity contribution in [1.29, 1.82) is 5.26 Å². The van der Waals surface area contributed by atoms with Gasteiger partial charge in [0.1, 0.15) is 12.4 Å². The maximum Gasteiger partial charge on any atom is 0.259 e. The van der Waals surface area contributed by atoms with Gasteiger partial charge in [0.2, 0.25) is 0 Å². The van der Waals surface area contributed by atoms with Gasteiger partial charge in [-0.25, -0.2) is 0 Å². The first-order chi connectivity index (χ1) is 15.1. The Hall–Kier alpha value is -3.84. The predicted octanol–water partition coefficient (Wildman–Crippen LogP) is 5.68. The Labute approximate surface area is 183 Å². The molecule has 0 aliphatic carbocycles. The predicted molar refractivity (Wildman–Crippen MR) is 123 cm³/mol. The van der Waals surface area contributed by atoms with Crippen molar-refractivity contribution in [1.82, 2.24) is 0 Å². The fourth-order valence-corrected chi connectivity index (χ4v) is 3.79. The van der Waals surface area contributed by atoms with E-state index in [0.29, 0.717) is 29.3 Å². The second kappa shape index (κ2) is 8.89. The van der Waals surface area contributed by atoms with Crippen LogP contribution in [0.4, 0.5) is 5.69 Å². The molecule has 4 rings (SSSR count). The summed E-state index contributed by atoms with van der Waals surface area (Å²) in [4.78, 5) is 15.1. The monoisotopic (exact) mass is 408 g/mol. The van der Waals surface area contributed by atoms with Gasteiger partial charge < -0.3 is 9.64 Å². The highest BCUT2D eigenvalue weighted by molar-refractivity contribution is 6.35. The molecule has 3 aromatic carbocycles. The molecule has 0 atom stereocenters. The number of hydrogen-bond donors (Lipinski definition) is 0. The normalized spacial score (nSPS) is 14.1. The van der Waals surface area contributed by atoms with Crippen molar-refractivity contribution in [2.45, 2.75) is 20.5 Å².